The lowest BCUT2D eigenvalue weighted by molar-refractivity contribution is -0.684. The molecule has 3 nitrogen and oxygen atoms in total. The van der Waals surface area contributed by atoms with Crippen LogP contribution in [0.1, 0.15) is 31.4 Å². The van der Waals surface area contributed by atoms with Crippen molar-refractivity contribution in [1.29, 1.82) is 0 Å². The van der Waals surface area contributed by atoms with Gasteiger partial charge < -0.3 is 0 Å². The molecule has 2 heterocycles. The van der Waals surface area contributed by atoms with E-state index in [-0.39, 0.29) is 5.78 Å². The summed E-state index contributed by atoms with van der Waals surface area (Å²) in [4.78, 5) is 13.5. The lowest BCUT2D eigenvalue weighted by atomic mass is 10.1. The van der Waals surface area contributed by atoms with Gasteiger partial charge in [-0.05, 0) is 32.5 Å². The molecular formula is C13H19N2O+. The number of pyridine rings is 1. The summed E-state index contributed by atoms with van der Waals surface area (Å²) >= 11 is 0. The summed E-state index contributed by atoms with van der Waals surface area (Å²) in [6.07, 6.45) is 6.55. The predicted octanol–water partition coefficient (Wildman–Crippen LogP) is 1.33. The fourth-order valence-corrected chi connectivity index (χ4v) is 2.43. The van der Waals surface area contributed by atoms with Crippen LogP contribution in [0.2, 0.25) is 0 Å². The van der Waals surface area contributed by atoms with E-state index in [0.29, 0.717) is 12.6 Å². The molecule has 0 aliphatic carbocycles. The van der Waals surface area contributed by atoms with Crippen LogP contribution >= 0.6 is 0 Å². The van der Waals surface area contributed by atoms with Crippen LogP contribution in [0.15, 0.2) is 24.5 Å². The van der Waals surface area contributed by atoms with Gasteiger partial charge in [-0.2, -0.15) is 4.57 Å². The van der Waals surface area contributed by atoms with E-state index in [0.717, 1.165) is 0 Å². The Kier molecular flexibility index (Phi) is 3.34. The Morgan fingerprint density at radius 1 is 1.62 bits per heavy atom. The van der Waals surface area contributed by atoms with E-state index < -0.39 is 0 Å². The first-order valence-electron chi connectivity index (χ1n) is 5.85. The van der Waals surface area contributed by atoms with Crippen molar-refractivity contribution >= 4 is 5.78 Å². The SMILES string of the molecule is CC(=O)C[n+]1cccc([C@@H]2CCCN2C)c1. The molecule has 0 amide bonds. The third kappa shape index (κ3) is 2.47. The first-order chi connectivity index (χ1) is 7.66. The van der Waals surface area contributed by atoms with Crippen LogP contribution < -0.4 is 4.57 Å². The summed E-state index contributed by atoms with van der Waals surface area (Å²) in [7, 11) is 2.17. The van der Waals surface area contributed by atoms with Crippen LogP contribution in [0.4, 0.5) is 0 Å². The van der Waals surface area contributed by atoms with Gasteiger partial charge in [0.15, 0.2) is 18.2 Å². The summed E-state index contributed by atoms with van der Waals surface area (Å²) in [5.41, 5.74) is 1.32. The second-order valence-electron chi connectivity index (χ2n) is 4.65. The maximum absolute atomic E-state index is 11.1. The van der Waals surface area contributed by atoms with E-state index in [1.807, 2.05) is 16.8 Å². The number of ketones is 1. The average molecular weight is 219 g/mol. The molecule has 86 valence electrons. The van der Waals surface area contributed by atoms with E-state index in [1.54, 1.807) is 6.92 Å². The number of carbonyl (C=O) groups is 1. The van der Waals surface area contributed by atoms with Crippen LogP contribution in [-0.2, 0) is 11.3 Å². The molecule has 1 aromatic rings. The molecular weight excluding hydrogens is 200 g/mol. The van der Waals surface area contributed by atoms with E-state index in [1.165, 1.54) is 24.9 Å². The van der Waals surface area contributed by atoms with Gasteiger partial charge in [0.05, 0.1) is 0 Å². The number of rotatable bonds is 3. The highest BCUT2D eigenvalue weighted by molar-refractivity contribution is 5.73. The van der Waals surface area contributed by atoms with Crippen LogP contribution in [0, 0.1) is 0 Å². The lowest BCUT2D eigenvalue weighted by Crippen LogP contribution is -2.37. The first kappa shape index (κ1) is 11.3. The largest absolute Gasteiger partial charge is 0.299 e. The normalized spacial score (nSPS) is 21.2. The van der Waals surface area contributed by atoms with Crippen molar-refractivity contribution in [2.75, 3.05) is 13.6 Å². The van der Waals surface area contributed by atoms with E-state index in [4.69, 9.17) is 0 Å². The van der Waals surface area contributed by atoms with Gasteiger partial charge in [-0.25, -0.2) is 0 Å². The monoisotopic (exact) mass is 219 g/mol. The van der Waals surface area contributed by atoms with Crippen molar-refractivity contribution in [2.45, 2.75) is 32.4 Å². The van der Waals surface area contributed by atoms with Gasteiger partial charge in [0.1, 0.15) is 0 Å². The van der Waals surface area contributed by atoms with E-state index in [9.17, 15) is 4.79 Å². The molecule has 0 bridgehead atoms. The number of carbonyl (C=O) groups excluding carboxylic acids is 1. The topological polar surface area (TPSA) is 24.2 Å². The number of hydrogen-bond donors (Lipinski definition) is 0. The Hall–Kier alpha value is -1.22. The summed E-state index contributed by atoms with van der Waals surface area (Å²) in [5.74, 6) is 0.196. The van der Waals surface area contributed by atoms with Gasteiger partial charge in [-0.1, -0.05) is 0 Å². The molecule has 1 aliphatic rings. The quantitative estimate of drug-likeness (QED) is 0.716. The van der Waals surface area contributed by atoms with E-state index >= 15 is 0 Å². The lowest BCUT2D eigenvalue weighted by Gasteiger charge is -2.18. The molecule has 0 saturated carbocycles. The minimum atomic E-state index is 0.196. The summed E-state index contributed by atoms with van der Waals surface area (Å²) in [6, 6.07) is 4.72. The Morgan fingerprint density at radius 3 is 3.06 bits per heavy atom. The predicted molar refractivity (Wildman–Crippen MR) is 61.9 cm³/mol. The molecule has 1 saturated heterocycles. The van der Waals surface area contributed by atoms with Gasteiger partial charge >= 0.3 is 0 Å². The van der Waals surface area contributed by atoms with Gasteiger partial charge in [-0.15, -0.1) is 0 Å². The third-order valence-corrected chi connectivity index (χ3v) is 3.19. The third-order valence-electron chi connectivity index (χ3n) is 3.19. The smallest absolute Gasteiger partial charge is 0.206 e. The van der Waals surface area contributed by atoms with Crippen LogP contribution in [0.3, 0.4) is 0 Å². The molecule has 16 heavy (non-hydrogen) atoms. The second kappa shape index (κ2) is 4.74. The molecule has 1 atom stereocenters. The van der Waals surface area contributed by atoms with Gasteiger partial charge in [-0.3, -0.25) is 9.69 Å². The van der Waals surface area contributed by atoms with Crippen molar-refractivity contribution in [3.8, 4) is 0 Å². The van der Waals surface area contributed by atoms with Gasteiger partial charge in [0.2, 0.25) is 6.54 Å². The zero-order chi connectivity index (χ0) is 11.5. The Balaban J connectivity index is 2.18. The molecule has 0 N–H and O–H groups in total. The highest BCUT2D eigenvalue weighted by atomic mass is 16.1. The molecule has 1 fully saturated rings. The molecule has 1 aliphatic heterocycles. The molecule has 1 aromatic heterocycles. The number of Topliss-reactive ketones (excluding diaryl/α,β-unsaturated/α-hetero) is 1. The number of nitrogens with zero attached hydrogens (tertiary/aromatic N) is 2. The number of aromatic nitrogens is 1. The summed E-state index contributed by atoms with van der Waals surface area (Å²) in [5, 5.41) is 0. The van der Waals surface area contributed by atoms with Crippen molar-refractivity contribution < 1.29 is 9.36 Å². The van der Waals surface area contributed by atoms with Crippen molar-refractivity contribution in [2.24, 2.45) is 0 Å². The molecule has 3 heteroatoms. The molecule has 0 unspecified atom stereocenters. The average Bonchev–Trinajstić information content (AvgIpc) is 2.64. The summed E-state index contributed by atoms with van der Waals surface area (Å²) < 4.78 is 1.98. The number of likely N-dealkylation sites (tertiary alicyclic amines) is 1. The molecule has 0 spiro atoms. The maximum atomic E-state index is 11.1. The Labute approximate surface area is 96.7 Å². The minimum Gasteiger partial charge on any atom is -0.299 e. The molecule has 0 aromatic carbocycles. The van der Waals surface area contributed by atoms with Crippen molar-refractivity contribution in [1.82, 2.24) is 4.90 Å². The second-order valence-corrected chi connectivity index (χ2v) is 4.65. The van der Waals surface area contributed by atoms with Crippen LogP contribution in [0.5, 0.6) is 0 Å². The molecule has 2 rings (SSSR count). The van der Waals surface area contributed by atoms with Crippen molar-refractivity contribution in [3.05, 3.63) is 30.1 Å². The fraction of sp³-hybridized carbons (Fsp3) is 0.538. The summed E-state index contributed by atoms with van der Waals surface area (Å²) in [6.45, 7) is 3.28. The van der Waals surface area contributed by atoms with E-state index in [2.05, 4.69) is 24.2 Å². The zero-order valence-corrected chi connectivity index (χ0v) is 10.0. The van der Waals surface area contributed by atoms with Gasteiger partial charge in [0.25, 0.3) is 0 Å². The zero-order valence-electron chi connectivity index (χ0n) is 10.0. The number of hydrogen-bond acceptors (Lipinski definition) is 2. The highest BCUT2D eigenvalue weighted by Crippen LogP contribution is 2.29. The van der Waals surface area contributed by atoms with Gasteiger partial charge in [0, 0.05) is 24.6 Å². The van der Waals surface area contributed by atoms with Crippen LogP contribution in [-0.4, -0.2) is 24.3 Å². The minimum absolute atomic E-state index is 0.196. The maximum Gasteiger partial charge on any atom is 0.206 e. The Morgan fingerprint density at radius 2 is 2.44 bits per heavy atom. The molecule has 0 radical (unpaired) electrons. The highest BCUT2D eigenvalue weighted by Gasteiger charge is 2.24. The standard InChI is InChI=1S/C13H19N2O/c1-11(16)9-15-8-3-5-12(10-15)13-6-4-7-14(13)2/h3,5,8,10,13H,4,6-7,9H2,1-2H3/q+1/t13-/m0/s1. The van der Waals surface area contributed by atoms with Crippen LogP contribution in [0.25, 0.3) is 0 Å². The first-order valence-corrected chi connectivity index (χ1v) is 5.85. The fourth-order valence-electron chi connectivity index (χ4n) is 2.43. The van der Waals surface area contributed by atoms with Crippen molar-refractivity contribution in [3.63, 3.8) is 0 Å². The Bertz CT molecular complexity index is 389.